The third kappa shape index (κ3) is 5.48. The summed E-state index contributed by atoms with van der Waals surface area (Å²) in [5.41, 5.74) is 1.73. The first-order valence-corrected chi connectivity index (χ1v) is 12.0. The van der Waals surface area contributed by atoms with Crippen LogP contribution in [0.5, 0.6) is 5.75 Å². The summed E-state index contributed by atoms with van der Waals surface area (Å²) >= 11 is 0.814. The molecule has 0 bridgehead atoms. The molecule has 1 saturated heterocycles. The summed E-state index contributed by atoms with van der Waals surface area (Å²) in [4.78, 5) is 38.7. The van der Waals surface area contributed by atoms with Gasteiger partial charge in [-0.1, -0.05) is 74.0 Å². The number of thioether (sulfide) groups is 1. The fourth-order valence-corrected chi connectivity index (χ4v) is 4.38. The maximum atomic E-state index is 13.0. The standard InChI is InChI=1S/C27H25NO5S/c1-2-3-15-32-25(29)17-28-26(30)24(34-27(28)31)16-22-21-12-8-7-11-20(21)13-14-23(22)33-18-19-9-5-4-6-10-19/h4-14,16H,2-3,15,17-18H2,1H3/b24-16+. The van der Waals surface area contributed by atoms with Crippen LogP contribution in [0, 0.1) is 0 Å². The number of carbonyl (C=O) groups is 3. The molecule has 1 fully saturated rings. The SMILES string of the molecule is CCCCOC(=O)CN1C(=O)S/C(=C/c2c(OCc3ccccc3)ccc3ccccc23)C1=O. The van der Waals surface area contributed by atoms with Gasteiger partial charge in [0.15, 0.2) is 0 Å². The Morgan fingerprint density at radius 1 is 1.00 bits per heavy atom. The highest BCUT2D eigenvalue weighted by atomic mass is 32.2. The molecule has 3 aromatic carbocycles. The quantitative estimate of drug-likeness (QED) is 0.221. The predicted octanol–water partition coefficient (Wildman–Crippen LogP) is 5.80. The number of carbonyl (C=O) groups excluding carboxylic acids is 3. The molecule has 7 heteroatoms. The van der Waals surface area contributed by atoms with Gasteiger partial charge in [-0.05, 0) is 46.7 Å². The monoisotopic (exact) mass is 475 g/mol. The maximum Gasteiger partial charge on any atom is 0.326 e. The van der Waals surface area contributed by atoms with Crippen LogP contribution >= 0.6 is 11.8 Å². The zero-order chi connectivity index (χ0) is 23.9. The van der Waals surface area contributed by atoms with Crippen molar-refractivity contribution in [2.24, 2.45) is 0 Å². The van der Waals surface area contributed by atoms with E-state index in [9.17, 15) is 14.4 Å². The molecule has 0 atom stereocenters. The lowest BCUT2D eigenvalue weighted by Crippen LogP contribution is -2.34. The lowest BCUT2D eigenvalue weighted by atomic mass is 10.0. The number of fused-ring (bicyclic) bond motifs is 1. The fourth-order valence-electron chi connectivity index (χ4n) is 3.56. The zero-order valence-corrected chi connectivity index (χ0v) is 19.7. The number of amides is 2. The Bertz CT molecular complexity index is 1240. The fraction of sp³-hybridized carbons (Fsp3) is 0.222. The van der Waals surface area contributed by atoms with Gasteiger partial charge in [-0.2, -0.15) is 0 Å². The number of ether oxygens (including phenoxy) is 2. The van der Waals surface area contributed by atoms with Gasteiger partial charge in [-0.25, -0.2) is 0 Å². The van der Waals surface area contributed by atoms with Gasteiger partial charge in [-0.3, -0.25) is 19.3 Å². The number of rotatable bonds is 9. The molecule has 1 aliphatic heterocycles. The molecule has 174 valence electrons. The second kappa shape index (κ2) is 11.0. The Morgan fingerprint density at radius 3 is 2.56 bits per heavy atom. The topological polar surface area (TPSA) is 72.9 Å². The molecule has 6 nitrogen and oxygen atoms in total. The zero-order valence-electron chi connectivity index (χ0n) is 18.9. The molecule has 1 aliphatic rings. The Hall–Kier alpha value is -3.58. The Morgan fingerprint density at radius 2 is 1.76 bits per heavy atom. The molecule has 3 aromatic rings. The van der Waals surface area contributed by atoms with Crippen molar-refractivity contribution in [1.82, 2.24) is 4.90 Å². The summed E-state index contributed by atoms with van der Waals surface area (Å²) < 4.78 is 11.2. The average molecular weight is 476 g/mol. The largest absolute Gasteiger partial charge is 0.488 e. The van der Waals surface area contributed by atoms with Gasteiger partial charge in [0.2, 0.25) is 0 Å². The summed E-state index contributed by atoms with van der Waals surface area (Å²) in [5.74, 6) is -0.494. The number of hydrogen-bond donors (Lipinski definition) is 0. The molecule has 1 heterocycles. The van der Waals surface area contributed by atoms with Gasteiger partial charge in [-0.15, -0.1) is 0 Å². The first kappa shape index (κ1) is 23.6. The number of esters is 1. The molecule has 34 heavy (non-hydrogen) atoms. The minimum absolute atomic E-state index is 0.243. The summed E-state index contributed by atoms with van der Waals surface area (Å²) in [7, 11) is 0. The summed E-state index contributed by atoms with van der Waals surface area (Å²) in [6.45, 7) is 2.24. The first-order valence-electron chi connectivity index (χ1n) is 11.2. The number of imide groups is 1. The van der Waals surface area contributed by atoms with E-state index in [4.69, 9.17) is 9.47 Å². The van der Waals surface area contributed by atoms with E-state index in [1.807, 2.05) is 73.7 Å². The third-order valence-corrected chi connectivity index (χ3v) is 6.27. The van der Waals surface area contributed by atoms with Crippen LogP contribution in [0.2, 0.25) is 0 Å². The smallest absolute Gasteiger partial charge is 0.326 e. The van der Waals surface area contributed by atoms with Crippen LogP contribution < -0.4 is 4.74 Å². The van der Waals surface area contributed by atoms with Gasteiger partial charge < -0.3 is 9.47 Å². The van der Waals surface area contributed by atoms with Crippen LogP contribution in [-0.4, -0.2) is 35.2 Å². The highest BCUT2D eigenvalue weighted by Gasteiger charge is 2.37. The highest BCUT2D eigenvalue weighted by Crippen LogP contribution is 2.37. The van der Waals surface area contributed by atoms with Crippen molar-refractivity contribution in [3.8, 4) is 5.75 Å². The van der Waals surface area contributed by atoms with E-state index >= 15 is 0 Å². The Labute approximate surface area is 202 Å². The normalized spacial score (nSPS) is 14.7. The van der Waals surface area contributed by atoms with E-state index < -0.39 is 23.7 Å². The summed E-state index contributed by atoms with van der Waals surface area (Å²) in [6.07, 6.45) is 3.30. The molecule has 0 spiro atoms. The van der Waals surface area contributed by atoms with Crippen LogP contribution in [0.25, 0.3) is 16.8 Å². The van der Waals surface area contributed by atoms with Gasteiger partial charge >= 0.3 is 5.97 Å². The van der Waals surface area contributed by atoms with Gasteiger partial charge in [0.05, 0.1) is 11.5 Å². The molecular formula is C27H25NO5S. The third-order valence-electron chi connectivity index (χ3n) is 5.37. The second-order valence-electron chi connectivity index (χ2n) is 7.81. The summed E-state index contributed by atoms with van der Waals surface area (Å²) in [6, 6.07) is 21.4. The molecular weight excluding hydrogens is 450 g/mol. The van der Waals surface area contributed by atoms with Crippen LogP contribution in [0.3, 0.4) is 0 Å². The van der Waals surface area contributed by atoms with E-state index in [-0.39, 0.29) is 11.5 Å². The molecule has 4 rings (SSSR count). The Kier molecular flexibility index (Phi) is 7.65. The van der Waals surface area contributed by atoms with Crippen molar-refractivity contribution >= 4 is 45.7 Å². The molecule has 0 radical (unpaired) electrons. The minimum atomic E-state index is -0.589. The number of benzene rings is 3. The van der Waals surface area contributed by atoms with Crippen molar-refractivity contribution in [1.29, 1.82) is 0 Å². The van der Waals surface area contributed by atoms with E-state index in [0.29, 0.717) is 17.9 Å². The maximum absolute atomic E-state index is 13.0. The van der Waals surface area contributed by atoms with Gasteiger partial charge in [0.25, 0.3) is 11.1 Å². The lowest BCUT2D eigenvalue weighted by molar-refractivity contribution is -0.146. The van der Waals surface area contributed by atoms with Crippen molar-refractivity contribution in [3.05, 3.63) is 82.8 Å². The van der Waals surface area contributed by atoms with Gasteiger partial charge in [0.1, 0.15) is 18.9 Å². The van der Waals surface area contributed by atoms with Crippen LogP contribution in [-0.2, 0) is 20.9 Å². The van der Waals surface area contributed by atoms with Crippen LogP contribution in [0.1, 0.15) is 30.9 Å². The lowest BCUT2D eigenvalue weighted by Gasteiger charge is -2.13. The second-order valence-corrected chi connectivity index (χ2v) is 8.81. The molecule has 2 amide bonds. The number of nitrogens with zero attached hydrogens (tertiary/aromatic N) is 1. The molecule has 0 N–H and O–H groups in total. The van der Waals surface area contributed by atoms with Crippen molar-refractivity contribution < 1.29 is 23.9 Å². The predicted molar refractivity (Wildman–Crippen MR) is 133 cm³/mol. The molecule has 0 aromatic heterocycles. The van der Waals surface area contributed by atoms with E-state index in [2.05, 4.69) is 0 Å². The molecule has 0 unspecified atom stereocenters. The summed E-state index contributed by atoms with van der Waals surface area (Å²) in [5, 5.41) is 1.40. The Balaban J connectivity index is 1.60. The highest BCUT2D eigenvalue weighted by molar-refractivity contribution is 8.18. The van der Waals surface area contributed by atoms with E-state index in [0.717, 1.165) is 45.8 Å². The first-order chi connectivity index (χ1) is 16.6. The van der Waals surface area contributed by atoms with E-state index in [1.54, 1.807) is 6.08 Å². The van der Waals surface area contributed by atoms with Crippen molar-refractivity contribution in [2.75, 3.05) is 13.2 Å². The van der Waals surface area contributed by atoms with Gasteiger partial charge in [0, 0.05) is 5.56 Å². The molecule has 0 saturated carbocycles. The number of hydrogen-bond acceptors (Lipinski definition) is 6. The van der Waals surface area contributed by atoms with Crippen molar-refractivity contribution in [2.45, 2.75) is 26.4 Å². The van der Waals surface area contributed by atoms with Crippen LogP contribution in [0.4, 0.5) is 4.79 Å². The van der Waals surface area contributed by atoms with Crippen molar-refractivity contribution in [3.63, 3.8) is 0 Å². The minimum Gasteiger partial charge on any atom is -0.488 e. The number of unbranched alkanes of at least 4 members (excludes halogenated alkanes) is 1. The van der Waals surface area contributed by atoms with E-state index in [1.165, 1.54) is 0 Å². The van der Waals surface area contributed by atoms with Crippen LogP contribution in [0.15, 0.2) is 71.6 Å². The molecule has 0 aliphatic carbocycles. The average Bonchev–Trinajstić information content (AvgIpc) is 3.11.